The van der Waals surface area contributed by atoms with Gasteiger partial charge in [0.25, 0.3) is 15.9 Å². The van der Waals surface area contributed by atoms with Crippen LogP contribution in [0.4, 0.5) is 0 Å². The van der Waals surface area contributed by atoms with Crippen molar-refractivity contribution in [3.8, 4) is 5.75 Å². The van der Waals surface area contributed by atoms with E-state index in [0.717, 1.165) is 3.97 Å². The molecule has 2 aromatic heterocycles. The highest BCUT2D eigenvalue weighted by Crippen LogP contribution is 2.41. The Kier molecular flexibility index (Phi) is 5.50. The molecule has 0 unspecified atom stereocenters. The molecule has 0 saturated heterocycles. The van der Waals surface area contributed by atoms with Gasteiger partial charge in [0.1, 0.15) is 11.5 Å². The molecule has 1 aliphatic heterocycles. The lowest BCUT2D eigenvalue weighted by Gasteiger charge is -2.13. The van der Waals surface area contributed by atoms with Crippen molar-refractivity contribution >= 4 is 43.7 Å². The Bertz CT molecular complexity index is 1840. The van der Waals surface area contributed by atoms with Crippen LogP contribution in [0.2, 0.25) is 0 Å². The van der Waals surface area contributed by atoms with E-state index >= 15 is 0 Å². The lowest BCUT2D eigenvalue weighted by atomic mass is 9.98. The van der Waals surface area contributed by atoms with Crippen LogP contribution in [0, 0.1) is 0 Å². The summed E-state index contributed by atoms with van der Waals surface area (Å²) >= 11 is 0. The smallest absolute Gasteiger partial charge is 0.340 e. The normalized spacial score (nSPS) is 13.3. The molecular formula is C28H22N2O7S. The molecule has 5 aromatic rings. The summed E-state index contributed by atoms with van der Waals surface area (Å²) in [6.45, 7) is 0.470. The number of carbonyl (C=O) groups is 2. The Morgan fingerprint density at radius 1 is 1.03 bits per heavy atom. The molecule has 10 heteroatoms. The van der Waals surface area contributed by atoms with Gasteiger partial charge < -0.3 is 18.8 Å². The van der Waals surface area contributed by atoms with E-state index in [0.29, 0.717) is 38.9 Å². The molecule has 38 heavy (non-hydrogen) atoms. The molecule has 0 spiro atoms. The van der Waals surface area contributed by atoms with Crippen molar-refractivity contribution in [2.24, 2.45) is 0 Å². The zero-order valence-electron chi connectivity index (χ0n) is 20.5. The number of ether oxygens (including phenoxy) is 2. The molecule has 0 aliphatic carbocycles. The molecule has 0 fully saturated rings. The van der Waals surface area contributed by atoms with Crippen LogP contribution in [0.3, 0.4) is 0 Å². The number of carbonyl (C=O) groups excluding carboxylic acids is 2. The minimum absolute atomic E-state index is 0.00281. The summed E-state index contributed by atoms with van der Waals surface area (Å²) < 4.78 is 45.0. The van der Waals surface area contributed by atoms with Crippen molar-refractivity contribution in [1.29, 1.82) is 0 Å². The Balaban J connectivity index is 1.67. The molecule has 1 amide bonds. The maximum atomic E-state index is 14.1. The number of aromatic nitrogens is 1. The minimum Gasteiger partial charge on any atom is -0.497 e. The van der Waals surface area contributed by atoms with Crippen LogP contribution in [0.1, 0.15) is 32.0 Å². The van der Waals surface area contributed by atoms with E-state index in [1.54, 1.807) is 59.5 Å². The number of rotatable bonds is 6. The van der Waals surface area contributed by atoms with Gasteiger partial charge in [-0.3, -0.25) is 4.79 Å². The molecule has 9 nitrogen and oxygen atoms in total. The van der Waals surface area contributed by atoms with E-state index in [-0.39, 0.29) is 35.0 Å². The minimum atomic E-state index is -4.21. The van der Waals surface area contributed by atoms with Crippen LogP contribution in [0.15, 0.2) is 82.3 Å². The van der Waals surface area contributed by atoms with E-state index < -0.39 is 16.0 Å². The van der Waals surface area contributed by atoms with Crippen LogP contribution in [-0.2, 0) is 27.8 Å². The maximum absolute atomic E-state index is 14.1. The largest absolute Gasteiger partial charge is 0.497 e. The molecule has 3 heterocycles. The van der Waals surface area contributed by atoms with Crippen LogP contribution < -0.4 is 4.74 Å². The second kappa shape index (κ2) is 8.77. The molecular weight excluding hydrogens is 508 g/mol. The average Bonchev–Trinajstić information content (AvgIpc) is 3.65. The Morgan fingerprint density at radius 2 is 1.79 bits per heavy atom. The summed E-state index contributed by atoms with van der Waals surface area (Å²) in [7, 11) is -1.49. The van der Waals surface area contributed by atoms with Gasteiger partial charge >= 0.3 is 5.97 Å². The summed E-state index contributed by atoms with van der Waals surface area (Å²) in [5.41, 5.74) is 1.47. The first kappa shape index (κ1) is 23.8. The number of furan rings is 1. The van der Waals surface area contributed by atoms with Crippen molar-refractivity contribution in [1.82, 2.24) is 8.87 Å². The van der Waals surface area contributed by atoms with Crippen molar-refractivity contribution in [2.75, 3.05) is 14.2 Å². The summed E-state index contributed by atoms with van der Waals surface area (Å²) in [6, 6.07) is 18.0. The topological polar surface area (TPSA) is 108 Å². The zero-order valence-corrected chi connectivity index (χ0v) is 21.3. The molecule has 6 rings (SSSR count). The van der Waals surface area contributed by atoms with E-state index in [2.05, 4.69) is 0 Å². The number of esters is 1. The van der Waals surface area contributed by atoms with Crippen molar-refractivity contribution in [2.45, 2.75) is 18.0 Å². The van der Waals surface area contributed by atoms with Gasteiger partial charge in [0.15, 0.2) is 0 Å². The maximum Gasteiger partial charge on any atom is 0.340 e. The third kappa shape index (κ3) is 3.48. The molecule has 192 valence electrons. The quantitative estimate of drug-likeness (QED) is 0.296. The average molecular weight is 531 g/mol. The number of benzene rings is 3. The van der Waals surface area contributed by atoms with E-state index in [1.807, 2.05) is 0 Å². The van der Waals surface area contributed by atoms with Gasteiger partial charge in [-0.1, -0.05) is 18.2 Å². The predicted molar refractivity (Wildman–Crippen MR) is 139 cm³/mol. The van der Waals surface area contributed by atoms with Gasteiger partial charge in [-0.15, -0.1) is 0 Å². The first-order valence-electron chi connectivity index (χ1n) is 11.7. The number of fused-ring (bicyclic) bond motifs is 5. The van der Waals surface area contributed by atoms with E-state index in [4.69, 9.17) is 13.9 Å². The second-order valence-corrected chi connectivity index (χ2v) is 10.7. The number of nitrogens with zero attached hydrogens (tertiary/aromatic N) is 2. The van der Waals surface area contributed by atoms with Crippen molar-refractivity contribution in [3.05, 3.63) is 95.4 Å². The van der Waals surface area contributed by atoms with Crippen LogP contribution in [-0.4, -0.2) is 43.4 Å². The van der Waals surface area contributed by atoms with Crippen LogP contribution in [0.5, 0.6) is 5.75 Å². The van der Waals surface area contributed by atoms with Crippen molar-refractivity contribution in [3.63, 3.8) is 0 Å². The molecule has 0 saturated carbocycles. The SMILES string of the molecule is COC(=O)c1cc2c(c3c4ccccc4n(S(=O)(=O)c4ccc(OC)cc4)c13)C(=O)N(Cc1ccco1)C2. The fourth-order valence-corrected chi connectivity index (χ4v) is 6.61. The molecule has 0 bridgehead atoms. The third-order valence-electron chi connectivity index (χ3n) is 6.77. The number of methoxy groups -OCH3 is 2. The predicted octanol–water partition coefficient (Wildman–Crippen LogP) is 4.58. The van der Waals surface area contributed by atoms with Gasteiger partial charge in [-0.2, -0.15) is 0 Å². The zero-order chi connectivity index (χ0) is 26.6. The highest BCUT2D eigenvalue weighted by atomic mass is 32.2. The van der Waals surface area contributed by atoms with Gasteiger partial charge in [0.2, 0.25) is 0 Å². The van der Waals surface area contributed by atoms with E-state index in [1.165, 1.54) is 32.6 Å². The Hall–Kier alpha value is -4.57. The van der Waals surface area contributed by atoms with Gasteiger partial charge in [0.05, 0.1) is 54.1 Å². The van der Waals surface area contributed by atoms with Gasteiger partial charge in [0, 0.05) is 17.3 Å². The molecule has 1 aliphatic rings. The summed E-state index contributed by atoms with van der Waals surface area (Å²) in [5.74, 6) is 0.132. The molecule has 3 aromatic carbocycles. The molecule has 0 N–H and O–H groups in total. The monoisotopic (exact) mass is 530 g/mol. The number of amides is 1. The standard InChI is InChI=1S/C28H22N2O7S/c1-35-18-9-11-20(12-10-18)38(33,34)30-23-8-4-3-7-21(23)25-24-17(14-22(26(25)30)28(32)36-2)15-29(27(24)31)16-19-6-5-13-37-19/h3-14H,15-16H2,1-2H3. The summed E-state index contributed by atoms with van der Waals surface area (Å²) in [5, 5.41) is 0.928. The van der Waals surface area contributed by atoms with Crippen LogP contribution >= 0.6 is 0 Å². The highest BCUT2D eigenvalue weighted by molar-refractivity contribution is 7.90. The number of hydrogen-bond donors (Lipinski definition) is 0. The summed E-state index contributed by atoms with van der Waals surface area (Å²) in [4.78, 5) is 28.4. The van der Waals surface area contributed by atoms with Crippen molar-refractivity contribution < 1.29 is 31.9 Å². The second-order valence-electron chi connectivity index (χ2n) is 8.88. The lowest BCUT2D eigenvalue weighted by molar-refractivity contribution is 0.0602. The molecule has 0 atom stereocenters. The first-order valence-corrected chi connectivity index (χ1v) is 13.2. The number of hydrogen-bond acceptors (Lipinski definition) is 7. The summed E-state index contributed by atoms with van der Waals surface area (Å²) in [6.07, 6.45) is 1.54. The number of para-hydroxylation sites is 1. The first-order chi connectivity index (χ1) is 18.3. The van der Waals surface area contributed by atoms with Gasteiger partial charge in [-0.25, -0.2) is 17.2 Å². The fourth-order valence-electron chi connectivity index (χ4n) is 5.08. The third-order valence-corrected chi connectivity index (χ3v) is 8.50. The Labute approximate surface area is 217 Å². The lowest BCUT2D eigenvalue weighted by Crippen LogP contribution is -2.23. The Morgan fingerprint density at radius 3 is 2.47 bits per heavy atom. The van der Waals surface area contributed by atoms with Gasteiger partial charge in [-0.05, 0) is 54.1 Å². The van der Waals surface area contributed by atoms with Crippen LogP contribution in [0.25, 0.3) is 21.8 Å². The fraction of sp³-hybridized carbons (Fsp3) is 0.143. The van der Waals surface area contributed by atoms with E-state index in [9.17, 15) is 18.0 Å². The highest BCUT2D eigenvalue weighted by Gasteiger charge is 2.36. The molecule has 0 radical (unpaired) electrons.